The average Bonchev–Trinajstić information content (AvgIpc) is 3.29. The van der Waals surface area contributed by atoms with E-state index in [2.05, 4.69) is 20.1 Å². The van der Waals surface area contributed by atoms with Crippen molar-refractivity contribution >= 4 is 15.8 Å². The summed E-state index contributed by atoms with van der Waals surface area (Å²) in [7, 11) is -2.00. The lowest BCUT2D eigenvalue weighted by Crippen LogP contribution is -2.49. The van der Waals surface area contributed by atoms with Crippen LogP contribution in [-0.2, 0) is 10.0 Å². The number of methoxy groups -OCH3 is 1. The molecule has 3 aromatic rings. The minimum Gasteiger partial charge on any atom is -0.496 e. The Bertz CT molecular complexity index is 1090. The minimum absolute atomic E-state index is 0.278. The molecule has 4 rings (SSSR count). The fraction of sp³-hybridized carbons (Fsp3) is 0.333. The highest BCUT2D eigenvalue weighted by molar-refractivity contribution is 7.89. The molecule has 29 heavy (non-hydrogen) atoms. The number of rotatable bonds is 5. The second-order valence-corrected chi connectivity index (χ2v) is 8.53. The summed E-state index contributed by atoms with van der Waals surface area (Å²) in [6.07, 6.45) is 4.47. The lowest BCUT2D eigenvalue weighted by Gasteiger charge is -2.34. The fourth-order valence-electron chi connectivity index (χ4n) is 3.28. The van der Waals surface area contributed by atoms with Crippen LogP contribution in [0.25, 0.3) is 5.82 Å². The number of nitrogens with zero attached hydrogens (tertiary/aromatic N) is 7. The van der Waals surface area contributed by atoms with E-state index < -0.39 is 10.0 Å². The van der Waals surface area contributed by atoms with Gasteiger partial charge in [-0.1, -0.05) is 0 Å². The van der Waals surface area contributed by atoms with Crippen molar-refractivity contribution in [1.29, 1.82) is 0 Å². The average molecular weight is 415 g/mol. The third-order valence-electron chi connectivity index (χ3n) is 4.86. The normalized spacial score (nSPS) is 15.4. The number of sulfonamides is 1. The zero-order valence-corrected chi connectivity index (χ0v) is 16.9. The number of benzene rings is 1. The second kappa shape index (κ2) is 7.76. The van der Waals surface area contributed by atoms with Crippen molar-refractivity contribution in [3.63, 3.8) is 0 Å². The van der Waals surface area contributed by atoms with Gasteiger partial charge in [0.25, 0.3) is 0 Å². The quantitative estimate of drug-likeness (QED) is 0.605. The SMILES string of the molecule is COc1ccc(S(=O)(=O)N2CCN(c3cc(-n4cncn4)ncn3)CC2)cc1C. The molecule has 11 heteroatoms. The molecule has 1 aliphatic heterocycles. The maximum absolute atomic E-state index is 13.0. The highest BCUT2D eigenvalue weighted by Gasteiger charge is 2.29. The van der Waals surface area contributed by atoms with Gasteiger partial charge in [0.05, 0.1) is 12.0 Å². The molecule has 0 N–H and O–H groups in total. The molecule has 1 aromatic carbocycles. The Kier molecular flexibility index (Phi) is 5.16. The van der Waals surface area contributed by atoms with Crippen LogP contribution in [0.3, 0.4) is 0 Å². The van der Waals surface area contributed by atoms with Crippen LogP contribution in [0.1, 0.15) is 5.56 Å². The van der Waals surface area contributed by atoms with E-state index in [9.17, 15) is 8.42 Å². The second-order valence-electron chi connectivity index (χ2n) is 6.60. The Morgan fingerprint density at radius 2 is 1.76 bits per heavy atom. The van der Waals surface area contributed by atoms with E-state index in [0.717, 1.165) is 11.4 Å². The molecule has 0 saturated carbocycles. The lowest BCUT2D eigenvalue weighted by atomic mass is 10.2. The first-order chi connectivity index (χ1) is 14.0. The molecule has 2 aromatic heterocycles. The summed E-state index contributed by atoms with van der Waals surface area (Å²) in [5, 5.41) is 4.07. The molecular weight excluding hydrogens is 394 g/mol. The van der Waals surface area contributed by atoms with Crippen molar-refractivity contribution in [3.8, 4) is 11.6 Å². The van der Waals surface area contributed by atoms with Crippen LogP contribution in [0.5, 0.6) is 5.75 Å². The third-order valence-corrected chi connectivity index (χ3v) is 6.75. The Morgan fingerprint density at radius 3 is 2.41 bits per heavy atom. The molecule has 0 amide bonds. The van der Waals surface area contributed by atoms with Crippen molar-refractivity contribution < 1.29 is 13.2 Å². The number of hydrogen-bond donors (Lipinski definition) is 0. The van der Waals surface area contributed by atoms with Crippen molar-refractivity contribution in [2.45, 2.75) is 11.8 Å². The molecule has 0 radical (unpaired) electrons. The van der Waals surface area contributed by atoms with Crippen LogP contribution >= 0.6 is 0 Å². The molecule has 1 aliphatic rings. The summed E-state index contributed by atoms with van der Waals surface area (Å²) >= 11 is 0. The minimum atomic E-state index is -3.56. The van der Waals surface area contributed by atoms with Gasteiger partial charge in [0.2, 0.25) is 10.0 Å². The first-order valence-electron chi connectivity index (χ1n) is 9.06. The van der Waals surface area contributed by atoms with Gasteiger partial charge < -0.3 is 9.64 Å². The van der Waals surface area contributed by atoms with Crippen LogP contribution in [-0.4, -0.2) is 70.7 Å². The van der Waals surface area contributed by atoms with Gasteiger partial charge in [0.15, 0.2) is 5.82 Å². The topological polar surface area (TPSA) is 106 Å². The number of piperazine rings is 1. The summed E-state index contributed by atoms with van der Waals surface area (Å²) < 4.78 is 34.3. The number of anilines is 1. The summed E-state index contributed by atoms with van der Waals surface area (Å²) in [6.45, 7) is 3.63. The zero-order valence-electron chi connectivity index (χ0n) is 16.1. The van der Waals surface area contributed by atoms with Crippen LogP contribution < -0.4 is 9.64 Å². The van der Waals surface area contributed by atoms with Crippen molar-refractivity contribution in [3.05, 3.63) is 48.8 Å². The van der Waals surface area contributed by atoms with E-state index in [1.54, 1.807) is 36.3 Å². The standard InChI is InChI=1S/C18H21N7O3S/c1-14-9-15(3-4-16(14)28-2)29(26,27)24-7-5-23(6-8-24)17-10-18(21-12-20-17)25-13-19-11-22-25/h3-4,9-13H,5-8H2,1-2H3. The number of hydrogen-bond acceptors (Lipinski definition) is 8. The summed E-state index contributed by atoms with van der Waals surface area (Å²) in [6, 6.07) is 6.73. The Hall–Kier alpha value is -3.05. The predicted octanol–water partition coefficient (Wildman–Crippen LogP) is 0.885. The molecule has 0 atom stereocenters. The molecule has 0 unspecified atom stereocenters. The smallest absolute Gasteiger partial charge is 0.243 e. The summed E-state index contributed by atoms with van der Waals surface area (Å²) in [4.78, 5) is 14.8. The highest BCUT2D eigenvalue weighted by atomic mass is 32.2. The molecular formula is C18H21N7O3S. The first-order valence-corrected chi connectivity index (χ1v) is 10.5. The molecule has 1 saturated heterocycles. The monoisotopic (exact) mass is 415 g/mol. The Labute approximate surface area is 168 Å². The van der Waals surface area contributed by atoms with E-state index in [1.165, 1.54) is 17.0 Å². The lowest BCUT2D eigenvalue weighted by molar-refractivity contribution is 0.383. The Balaban J connectivity index is 1.48. The summed E-state index contributed by atoms with van der Waals surface area (Å²) in [5.41, 5.74) is 0.786. The van der Waals surface area contributed by atoms with E-state index in [-0.39, 0.29) is 4.90 Å². The Morgan fingerprint density at radius 1 is 1.00 bits per heavy atom. The van der Waals surface area contributed by atoms with Gasteiger partial charge in [-0.2, -0.15) is 9.40 Å². The largest absolute Gasteiger partial charge is 0.496 e. The molecule has 0 spiro atoms. The predicted molar refractivity (Wildman–Crippen MR) is 106 cm³/mol. The molecule has 152 valence electrons. The molecule has 0 bridgehead atoms. The van der Waals surface area contributed by atoms with Gasteiger partial charge in [-0.25, -0.2) is 28.1 Å². The van der Waals surface area contributed by atoms with Gasteiger partial charge in [-0.05, 0) is 30.7 Å². The van der Waals surface area contributed by atoms with Crippen LogP contribution in [0.4, 0.5) is 5.82 Å². The van der Waals surface area contributed by atoms with Crippen molar-refractivity contribution in [2.24, 2.45) is 0 Å². The van der Waals surface area contributed by atoms with E-state index in [1.807, 2.05) is 17.9 Å². The van der Waals surface area contributed by atoms with Gasteiger partial charge in [-0.15, -0.1) is 0 Å². The zero-order chi connectivity index (χ0) is 20.4. The van der Waals surface area contributed by atoms with Gasteiger partial charge in [0, 0.05) is 32.2 Å². The molecule has 10 nitrogen and oxygen atoms in total. The highest BCUT2D eigenvalue weighted by Crippen LogP contribution is 2.25. The third kappa shape index (κ3) is 3.78. The summed E-state index contributed by atoms with van der Waals surface area (Å²) in [5.74, 6) is 2.00. The number of aryl methyl sites for hydroxylation is 1. The molecule has 0 aliphatic carbocycles. The van der Waals surface area contributed by atoms with Gasteiger partial charge in [0.1, 0.15) is 30.5 Å². The van der Waals surface area contributed by atoms with E-state index >= 15 is 0 Å². The fourth-order valence-corrected chi connectivity index (χ4v) is 4.79. The van der Waals surface area contributed by atoms with E-state index in [0.29, 0.717) is 37.7 Å². The van der Waals surface area contributed by atoms with E-state index in [4.69, 9.17) is 4.74 Å². The maximum atomic E-state index is 13.0. The van der Waals surface area contributed by atoms with Crippen molar-refractivity contribution in [1.82, 2.24) is 29.0 Å². The molecule has 3 heterocycles. The van der Waals surface area contributed by atoms with Crippen LogP contribution in [0, 0.1) is 6.92 Å². The number of aromatic nitrogens is 5. The number of ether oxygens (including phenoxy) is 1. The first kappa shape index (κ1) is 19.3. The van der Waals surface area contributed by atoms with Gasteiger partial charge >= 0.3 is 0 Å². The van der Waals surface area contributed by atoms with Crippen LogP contribution in [0.2, 0.25) is 0 Å². The van der Waals surface area contributed by atoms with Gasteiger partial charge in [-0.3, -0.25) is 0 Å². The molecule has 1 fully saturated rings. The van der Waals surface area contributed by atoms with Crippen LogP contribution in [0.15, 0.2) is 48.1 Å². The van der Waals surface area contributed by atoms with Crippen molar-refractivity contribution in [2.75, 3.05) is 38.2 Å². The maximum Gasteiger partial charge on any atom is 0.243 e.